The third-order valence-corrected chi connectivity index (χ3v) is 13.3. The van der Waals surface area contributed by atoms with Crippen LogP contribution < -0.4 is 26.3 Å². The van der Waals surface area contributed by atoms with E-state index < -0.39 is 115 Å². The number of carboxylic acid groups (broad SMARTS) is 1. The molecule has 0 unspecified atom stereocenters. The molecule has 0 radical (unpaired) electrons. The van der Waals surface area contributed by atoms with Crippen LogP contribution in [0.2, 0.25) is 0 Å². The average molecular weight is 1120 g/mol. The molecule has 19 nitrogen and oxygen atoms in total. The standard InChI is InChI=1S/C49H55F10N11O8/c1-46(2,48(54,55)56)38(64-45(76)77-5)40(72)62-36(18-28-9-6-27(7-10-28)8-11-29-21-60-43(61-22-29)68-16-14-67(15-17-68)31-25-78-26-31)37(71)24-69(66-41(73)39(63-44(74)75)47(3,4)49(57,58)59)23-32-33(50)19-30(20-34(32)51)35-12-13-70(65-35)42(52)53/h6-7,9-10,12-13,19-22,31,36-39,42,63,71H,14-18,23-26H2,1-5H3,(H,62,72)(H,64,76)(H,66,73)(H,74,75)/t36-,37-,38+,39+/m0/s1. The van der Waals surface area contributed by atoms with Gasteiger partial charge in [-0.2, -0.15) is 40.2 Å². The van der Waals surface area contributed by atoms with Gasteiger partial charge in [-0.1, -0.05) is 24.0 Å². The Hall–Kier alpha value is -7.29. The molecule has 4 amide bonds. The Balaban J connectivity index is 1.31. The van der Waals surface area contributed by atoms with Crippen molar-refractivity contribution in [3.63, 3.8) is 0 Å². The predicted octanol–water partition coefficient (Wildman–Crippen LogP) is 5.39. The van der Waals surface area contributed by atoms with Gasteiger partial charge in [-0.15, -0.1) is 0 Å². The Kier molecular flexibility index (Phi) is 18.9. The number of alkyl carbamates (subject to hydrolysis) is 1. The quantitative estimate of drug-likeness (QED) is 0.0393. The highest BCUT2D eigenvalue weighted by atomic mass is 19.4. The first-order chi connectivity index (χ1) is 36.5. The lowest BCUT2D eigenvalue weighted by Gasteiger charge is -2.42. The van der Waals surface area contributed by atoms with Gasteiger partial charge in [0.2, 0.25) is 11.9 Å². The summed E-state index contributed by atoms with van der Waals surface area (Å²) in [6, 6.07) is 1.62. The molecule has 0 aliphatic carbocycles. The number of anilines is 1. The van der Waals surface area contributed by atoms with Crippen molar-refractivity contribution in [2.45, 2.75) is 89.8 Å². The van der Waals surface area contributed by atoms with E-state index in [2.05, 4.69) is 41.9 Å². The molecule has 2 aliphatic heterocycles. The van der Waals surface area contributed by atoms with Crippen LogP contribution in [0, 0.1) is 34.3 Å². The number of nitrogens with one attached hydrogen (secondary N) is 4. The average Bonchev–Trinajstić information content (AvgIpc) is 3.86. The number of methoxy groups -OCH3 is 1. The zero-order chi connectivity index (χ0) is 57.5. The van der Waals surface area contributed by atoms with Gasteiger partial charge in [0.25, 0.3) is 5.91 Å². The highest BCUT2D eigenvalue weighted by molar-refractivity contribution is 5.87. The lowest BCUT2D eigenvalue weighted by molar-refractivity contribution is -0.221. The summed E-state index contributed by atoms with van der Waals surface area (Å²) in [5, 5.41) is 31.0. The van der Waals surface area contributed by atoms with Crippen molar-refractivity contribution >= 4 is 29.9 Å². The van der Waals surface area contributed by atoms with Crippen LogP contribution in [0.25, 0.3) is 11.3 Å². The zero-order valence-electron chi connectivity index (χ0n) is 42.4. The van der Waals surface area contributed by atoms with Crippen molar-refractivity contribution < 1.29 is 82.8 Å². The topological polar surface area (TPSA) is 229 Å². The molecule has 2 aromatic carbocycles. The lowest BCUT2D eigenvalue weighted by atomic mass is 9.82. The maximum atomic E-state index is 16.0. The van der Waals surface area contributed by atoms with Crippen molar-refractivity contribution in [1.29, 1.82) is 0 Å². The number of carbonyl (C=O) groups is 4. The van der Waals surface area contributed by atoms with Crippen LogP contribution in [-0.2, 0) is 32.0 Å². The third kappa shape index (κ3) is 14.6. The van der Waals surface area contributed by atoms with Crippen LogP contribution >= 0.6 is 0 Å². The molecule has 4 aromatic rings. The molecule has 424 valence electrons. The number of ether oxygens (including phenoxy) is 2. The highest BCUT2D eigenvalue weighted by Crippen LogP contribution is 2.42. The van der Waals surface area contributed by atoms with E-state index in [1.165, 1.54) is 29.6 Å². The summed E-state index contributed by atoms with van der Waals surface area (Å²) in [5.41, 5.74) is -4.87. The number of amides is 4. The van der Waals surface area contributed by atoms with Gasteiger partial charge < -0.3 is 40.5 Å². The Morgan fingerprint density at radius 1 is 0.821 bits per heavy atom. The molecule has 2 aromatic heterocycles. The van der Waals surface area contributed by atoms with E-state index in [9.17, 15) is 64.5 Å². The molecule has 2 saturated heterocycles. The van der Waals surface area contributed by atoms with Crippen LogP contribution in [0.1, 0.15) is 56.5 Å². The minimum absolute atomic E-state index is 0.184. The molecule has 29 heteroatoms. The largest absolute Gasteiger partial charge is 0.465 e. The predicted molar refractivity (Wildman–Crippen MR) is 256 cm³/mol. The fraction of sp³-hybridized carbons (Fsp3) is 0.490. The van der Waals surface area contributed by atoms with Gasteiger partial charge >= 0.3 is 31.1 Å². The van der Waals surface area contributed by atoms with Crippen molar-refractivity contribution in [1.82, 2.24) is 51.0 Å². The van der Waals surface area contributed by atoms with Crippen LogP contribution in [0.5, 0.6) is 0 Å². The number of hydrogen-bond acceptors (Lipinski definition) is 13. The molecule has 0 spiro atoms. The number of piperazine rings is 1. The van der Waals surface area contributed by atoms with Gasteiger partial charge in [-0.25, -0.2) is 38.0 Å². The van der Waals surface area contributed by atoms with Gasteiger partial charge in [0.1, 0.15) is 23.7 Å². The summed E-state index contributed by atoms with van der Waals surface area (Å²) in [5.74, 6) is 0.144. The smallest absolute Gasteiger partial charge is 0.407 e. The second kappa shape index (κ2) is 24.6. The lowest BCUT2D eigenvalue weighted by Crippen LogP contribution is -2.63. The van der Waals surface area contributed by atoms with E-state index in [1.54, 1.807) is 12.4 Å². The van der Waals surface area contributed by atoms with Crippen molar-refractivity contribution in [2.75, 3.05) is 57.9 Å². The van der Waals surface area contributed by atoms with Crippen molar-refractivity contribution in [2.24, 2.45) is 10.8 Å². The Morgan fingerprint density at radius 2 is 1.38 bits per heavy atom. The summed E-state index contributed by atoms with van der Waals surface area (Å²) in [7, 11) is 0.806. The molecule has 6 N–H and O–H groups in total. The van der Waals surface area contributed by atoms with E-state index in [4.69, 9.17) is 4.74 Å². The van der Waals surface area contributed by atoms with Crippen LogP contribution in [0.4, 0.5) is 59.4 Å². The maximum absolute atomic E-state index is 16.0. The first kappa shape index (κ1) is 59.9. The molecule has 4 heterocycles. The summed E-state index contributed by atoms with van der Waals surface area (Å²) in [6.45, 7) is 1.10. The zero-order valence-corrected chi connectivity index (χ0v) is 42.4. The molecule has 4 atom stereocenters. The number of aromatic nitrogens is 4. The second-order valence-corrected chi connectivity index (χ2v) is 19.4. The number of halogens is 10. The summed E-state index contributed by atoms with van der Waals surface area (Å²) >= 11 is 0. The van der Waals surface area contributed by atoms with Crippen LogP contribution in [0.3, 0.4) is 0 Å². The number of alkyl halides is 8. The summed E-state index contributed by atoms with van der Waals surface area (Å²) in [6.07, 6.45) is -12.8. The number of hydrazine groups is 1. The maximum Gasteiger partial charge on any atom is 0.407 e. The number of nitrogens with zero attached hydrogens (tertiary/aromatic N) is 7. The van der Waals surface area contributed by atoms with Gasteiger partial charge in [0, 0.05) is 74.5 Å². The molecule has 0 saturated carbocycles. The summed E-state index contributed by atoms with van der Waals surface area (Å²) < 4.78 is 155. The minimum atomic E-state index is -5.29. The summed E-state index contributed by atoms with van der Waals surface area (Å²) in [4.78, 5) is 65.3. The number of hydrogen-bond donors (Lipinski definition) is 6. The number of carbonyl (C=O) groups excluding carboxylic acids is 3. The normalized spacial score (nSPS) is 16.3. The van der Waals surface area contributed by atoms with Crippen LogP contribution in [-0.4, -0.2) is 160 Å². The van der Waals surface area contributed by atoms with Crippen LogP contribution in [0.15, 0.2) is 61.1 Å². The monoisotopic (exact) mass is 1120 g/mol. The van der Waals surface area contributed by atoms with E-state index in [0.717, 1.165) is 45.6 Å². The van der Waals surface area contributed by atoms with Gasteiger partial charge in [-0.05, 0) is 70.0 Å². The molecule has 78 heavy (non-hydrogen) atoms. The molecule has 2 aliphatic rings. The SMILES string of the molecule is COC(=O)N[C@H](C(=O)N[C@@H](Cc1ccc(C#Cc2cnc(N3CCN(C4COC4)CC3)nc2)cc1)[C@@H](O)CN(Cc1c(F)cc(-c2ccn(C(F)F)n2)cc1F)NC(=O)[C@@H](NC(=O)O)C(C)(C)C(F)(F)F)C(C)(C)C(F)(F)F. The van der Waals surface area contributed by atoms with Gasteiger partial charge in [0.05, 0.1) is 60.6 Å². The van der Waals surface area contributed by atoms with Crippen molar-refractivity contribution in [3.05, 3.63) is 94.9 Å². The molecular formula is C49H55F10N11O8. The Morgan fingerprint density at radius 3 is 1.88 bits per heavy atom. The van der Waals surface area contributed by atoms with E-state index in [-0.39, 0.29) is 21.5 Å². The molecular weight excluding hydrogens is 1060 g/mol. The van der Waals surface area contributed by atoms with Gasteiger partial charge in [-0.3, -0.25) is 19.9 Å². The van der Waals surface area contributed by atoms with E-state index >= 15 is 8.78 Å². The first-order valence-corrected chi connectivity index (χ1v) is 23.8. The molecule has 2 fully saturated rings. The van der Waals surface area contributed by atoms with E-state index in [0.29, 0.717) is 81.2 Å². The number of benzene rings is 2. The van der Waals surface area contributed by atoms with Gasteiger partial charge in [0.15, 0.2) is 0 Å². The number of aliphatic hydroxyl groups excluding tert-OH is 1. The second-order valence-electron chi connectivity index (χ2n) is 19.4. The minimum Gasteiger partial charge on any atom is -0.465 e. The fourth-order valence-corrected chi connectivity index (χ4v) is 8.13. The van der Waals surface area contributed by atoms with E-state index in [1.807, 2.05) is 15.6 Å². The number of rotatable bonds is 19. The molecule has 0 bridgehead atoms. The number of aliphatic hydroxyl groups is 1. The first-order valence-electron chi connectivity index (χ1n) is 23.8. The fourth-order valence-electron chi connectivity index (χ4n) is 8.13. The Bertz CT molecular complexity index is 2790. The third-order valence-electron chi connectivity index (χ3n) is 13.3. The van der Waals surface area contributed by atoms with Crippen molar-refractivity contribution in [3.8, 4) is 23.1 Å². The Labute approximate surface area is 439 Å². The highest BCUT2D eigenvalue weighted by Gasteiger charge is 2.57. The molecule has 6 rings (SSSR count).